The summed E-state index contributed by atoms with van der Waals surface area (Å²) < 4.78 is 21.4. The molecule has 0 atom stereocenters. The Morgan fingerprint density at radius 3 is 1.38 bits per heavy atom. The summed E-state index contributed by atoms with van der Waals surface area (Å²) >= 11 is 0. The molecule has 0 aromatic heterocycles. The highest BCUT2D eigenvalue weighted by molar-refractivity contribution is 5.76. The second-order valence-corrected chi connectivity index (χ2v) is 5.92. The predicted molar refractivity (Wildman–Crippen MR) is 98.1 cm³/mol. The monoisotopic (exact) mass is 362 g/mol. The Bertz CT molecular complexity index is 687. The Balaban J connectivity index is 2.87. The van der Waals surface area contributed by atoms with Crippen LogP contribution in [-0.4, -0.2) is 38.7 Å². The van der Waals surface area contributed by atoms with Gasteiger partial charge < -0.3 is 29.2 Å². The molecule has 0 aliphatic carbocycles. The van der Waals surface area contributed by atoms with Gasteiger partial charge in [0.25, 0.3) is 0 Å². The first-order valence-electron chi connectivity index (χ1n) is 8.22. The fourth-order valence-corrected chi connectivity index (χ4v) is 3.14. The summed E-state index contributed by atoms with van der Waals surface area (Å²) in [7, 11) is 6.37. The summed E-state index contributed by atoms with van der Waals surface area (Å²) in [6.45, 7) is 1.07. The van der Waals surface area contributed by atoms with Crippen LogP contribution in [0.5, 0.6) is 11.5 Å². The van der Waals surface area contributed by atoms with E-state index in [2.05, 4.69) is 0 Å². The molecule has 6 nitrogen and oxygen atoms in total. The minimum Gasteiger partial charge on any atom is -0.508 e. The lowest BCUT2D eigenvalue weighted by Gasteiger charge is -2.24. The normalized spacial score (nSPS) is 11.1. The Morgan fingerprint density at radius 2 is 1.00 bits per heavy atom. The Kier molecular flexibility index (Phi) is 7.41. The third-order valence-electron chi connectivity index (χ3n) is 4.21. The lowest BCUT2D eigenvalue weighted by Crippen LogP contribution is -2.10. The van der Waals surface area contributed by atoms with Crippen LogP contribution in [0.2, 0.25) is 0 Å². The molecule has 0 radical (unpaired) electrons. The number of hydrogen-bond acceptors (Lipinski definition) is 6. The fourth-order valence-electron chi connectivity index (χ4n) is 3.14. The molecule has 2 aromatic carbocycles. The summed E-state index contributed by atoms with van der Waals surface area (Å²) in [5, 5.41) is 20.5. The van der Waals surface area contributed by atoms with Crippen LogP contribution in [-0.2, 0) is 45.4 Å². The molecular weight excluding hydrogens is 336 g/mol. The summed E-state index contributed by atoms with van der Waals surface area (Å²) in [6, 6.07) is 6.91. The van der Waals surface area contributed by atoms with Crippen molar-refractivity contribution in [2.75, 3.05) is 28.4 Å². The van der Waals surface area contributed by atoms with Crippen molar-refractivity contribution in [1.29, 1.82) is 0 Å². The lowest BCUT2D eigenvalue weighted by molar-refractivity contribution is 0.157. The lowest BCUT2D eigenvalue weighted by atomic mass is 9.87. The highest BCUT2D eigenvalue weighted by Gasteiger charge is 2.24. The van der Waals surface area contributed by atoms with E-state index in [4.69, 9.17) is 18.9 Å². The fraction of sp³-hybridized carbons (Fsp3) is 0.400. The first-order chi connectivity index (χ1) is 12.6. The third kappa shape index (κ3) is 4.16. The molecular formula is C20H26O6. The molecule has 0 aliphatic heterocycles. The summed E-state index contributed by atoms with van der Waals surface area (Å²) in [5.41, 5.74) is 4.74. The topological polar surface area (TPSA) is 77.4 Å². The van der Waals surface area contributed by atoms with Crippen LogP contribution in [0.25, 0.3) is 11.1 Å². The first kappa shape index (κ1) is 20.2. The van der Waals surface area contributed by atoms with Crippen molar-refractivity contribution < 1.29 is 29.2 Å². The van der Waals surface area contributed by atoms with Crippen LogP contribution in [0.15, 0.2) is 24.3 Å². The van der Waals surface area contributed by atoms with E-state index in [-0.39, 0.29) is 24.7 Å². The highest BCUT2D eigenvalue weighted by atomic mass is 16.5. The predicted octanol–water partition coefficient (Wildman–Crippen LogP) is 3.35. The molecule has 0 fully saturated rings. The highest BCUT2D eigenvalue weighted by Crippen LogP contribution is 2.41. The van der Waals surface area contributed by atoms with Crippen molar-refractivity contribution in [2.45, 2.75) is 26.4 Å². The van der Waals surface area contributed by atoms with Crippen molar-refractivity contribution in [2.24, 2.45) is 0 Å². The molecule has 0 heterocycles. The van der Waals surface area contributed by atoms with Gasteiger partial charge in [-0.25, -0.2) is 0 Å². The number of phenols is 2. The number of benzene rings is 2. The molecule has 26 heavy (non-hydrogen) atoms. The Hall–Kier alpha value is -2.12. The molecule has 0 saturated carbocycles. The van der Waals surface area contributed by atoms with Crippen molar-refractivity contribution in [1.82, 2.24) is 0 Å². The summed E-state index contributed by atoms with van der Waals surface area (Å²) in [4.78, 5) is 0. The molecule has 142 valence electrons. The standard InChI is InChI=1S/C20H26O6/c1-23-9-15-17(11-25-3)20(22)18(12-26-4)16(10-24-2)19(15)13-5-7-14(21)8-6-13/h5-8,21-22H,9-12H2,1-4H3. The summed E-state index contributed by atoms with van der Waals surface area (Å²) in [6.07, 6.45) is 0. The van der Waals surface area contributed by atoms with E-state index in [1.807, 2.05) is 12.1 Å². The van der Waals surface area contributed by atoms with Crippen molar-refractivity contribution in [3.05, 3.63) is 46.5 Å². The minimum absolute atomic E-state index is 0.135. The minimum atomic E-state index is 0.135. The molecule has 0 saturated heterocycles. The van der Waals surface area contributed by atoms with Gasteiger partial charge in [-0.1, -0.05) is 12.1 Å². The van der Waals surface area contributed by atoms with Crippen LogP contribution in [0.4, 0.5) is 0 Å². The molecule has 2 N–H and O–H groups in total. The van der Waals surface area contributed by atoms with Crippen molar-refractivity contribution in [3.63, 3.8) is 0 Å². The molecule has 0 amide bonds. The van der Waals surface area contributed by atoms with Gasteiger partial charge in [-0.15, -0.1) is 0 Å². The van der Waals surface area contributed by atoms with Crippen LogP contribution < -0.4 is 0 Å². The third-order valence-corrected chi connectivity index (χ3v) is 4.21. The van der Waals surface area contributed by atoms with E-state index in [9.17, 15) is 10.2 Å². The molecule has 0 spiro atoms. The zero-order valence-electron chi connectivity index (χ0n) is 15.7. The Morgan fingerprint density at radius 1 is 0.615 bits per heavy atom. The second kappa shape index (κ2) is 9.54. The molecule has 2 aromatic rings. The van der Waals surface area contributed by atoms with Gasteiger partial charge in [-0.3, -0.25) is 0 Å². The van der Waals surface area contributed by atoms with Gasteiger partial charge in [0.2, 0.25) is 0 Å². The quantitative estimate of drug-likeness (QED) is 0.712. The second-order valence-electron chi connectivity index (χ2n) is 5.92. The van der Waals surface area contributed by atoms with E-state index in [0.29, 0.717) is 24.3 Å². The van der Waals surface area contributed by atoms with Crippen LogP contribution in [0, 0.1) is 0 Å². The smallest absolute Gasteiger partial charge is 0.127 e. The number of rotatable bonds is 9. The number of hydrogen-bond donors (Lipinski definition) is 2. The van der Waals surface area contributed by atoms with E-state index < -0.39 is 0 Å². The number of phenolic OH excluding ortho intramolecular Hbond substituents is 2. The van der Waals surface area contributed by atoms with Gasteiger partial charge >= 0.3 is 0 Å². The van der Waals surface area contributed by atoms with Crippen molar-refractivity contribution in [3.8, 4) is 22.6 Å². The maximum Gasteiger partial charge on any atom is 0.127 e. The largest absolute Gasteiger partial charge is 0.508 e. The first-order valence-corrected chi connectivity index (χ1v) is 8.22. The number of methoxy groups -OCH3 is 4. The SMILES string of the molecule is COCc1c(O)c(COC)c(COC)c(-c2ccc(O)cc2)c1COC. The zero-order valence-corrected chi connectivity index (χ0v) is 15.7. The van der Waals surface area contributed by atoms with Crippen LogP contribution in [0.3, 0.4) is 0 Å². The average Bonchev–Trinajstić information content (AvgIpc) is 2.63. The zero-order chi connectivity index (χ0) is 19.1. The van der Waals surface area contributed by atoms with Gasteiger partial charge in [-0.05, 0) is 34.4 Å². The molecule has 0 aliphatic rings. The van der Waals surface area contributed by atoms with Gasteiger partial charge in [-0.2, -0.15) is 0 Å². The maximum atomic E-state index is 10.9. The Labute approximate surface area is 153 Å². The molecule has 0 unspecified atom stereocenters. The number of aromatic hydroxyl groups is 2. The van der Waals surface area contributed by atoms with E-state index in [1.165, 1.54) is 0 Å². The van der Waals surface area contributed by atoms with Gasteiger partial charge in [0.15, 0.2) is 0 Å². The van der Waals surface area contributed by atoms with E-state index in [0.717, 1.165) is 22.3 Å². The van der Waals surface area contributed by atoms with E-state index in [1.54, 1.807) is 40.6 Å². The number of ether oxygens (including phenoxy) is 4. The van der Waals surface area contributed by atoms with E-state index >= 15 is 0 Å². The van der Waals surface area contributed by atoms with Gasteiger partial charge in [0.1, 0.15) is 11.5 Å². The molecule has 0 bridgehead atoms. The van der Waals surface area contributed by atoms with Gasteiger partial charge in [0.05, 0.1) is 26.4 Å². The summed E-state index contributed by atoms with van der Waals surface area (Å²) in [5.74, 6) is 0.318. The van der Waals surface area contributed by atoms with Gasteiger partial charge in [0, 0.05) is 39.6 Å². The molecule has 6 heteroatoms. The average molecular weight is 362 g/mol. The van der Waals surface area contributed by atoms with Crippen LogP contribution in [0.1, 0.15) is 22.3 Å². The van der Waals surface area contributed by atoms with Crippen LogP contribution >= 0.6 is 0 Å². The molecule has 2 rings (SSSR count). The maximum absolute atomic E-state index is 10.9. The van der Waals surface area contributed by atoms with Crippen molar-refractivity contribution >= 4 is 0 Å².